The monoisotopic (exact) mass is 164 g/mol. The Morgan fingerprint density at radius 1 is 1.55 bits per heavy atom. The molecular weight excluding hydrogens is 156 g/mol. The minimum absolute atomic E-state index is 0.693. The summed E-state index contributed by atoms with van der Waals surface area (Å²) in [4.78, 5) is 5.30. The van der Waals surface area contributed by atoms with E-state index in [9.17, 15) is 0 Å². The van der Waals surface area contributed by atoms with Crippen LogP contribution in [0.1, 0.15) is 10.4 Å². The van der Waals surface area contributed by atoms with Gasteiger partial charge in [0.25, 0.3) is 0 Å². The second-order valence-electron chi connectivity index (χ2n) is 2.42. The summed E-state index contributed by atoms with van der Waals surface area (Å²) in [6, 6.07) is 2.10. The molecule has 11 heavy (non-hydrogen) atoms. The van der Waals surface area contributed by atoms with Gasteiger partial charge < -0.3 is 5.73 Å². The Morgan fingerprint density at radius 3 is 3.36 bits per heavy atom. The van der Waals surface area contributed by atoms with Crippen LogP contribution in [-0.4, -0.2) is 5.84 Å². The van der Waals surface area contributed by atoms with E-state index >= 15 is 0 Å². The van der Waals surface area contributed by atoms with E-state index in [0.29, 0.717) is 5.84 Å². The van der Waals surface area contributed by atoms with Gasteiger partial charge in [-0.05, 0) is 23.1 Å². The van der Waals surface area contributed by atoms with Crippen LogP contribution >= 0.6 is 11.3 Å². The number of hydrogen-bond donors (Lipinski definition) is 1. The first kappa shape index (κ1) is 6.61. The fourth-order valence-corrected chi connectivity index (χ4v) is 1.89. The highest BCUT2D eigenvalue weighted by molar-refractivity contribution is 7.11. The Bertz CT molecular complexity index is 323. The average Bonchev–Trinajstić information content (AvgIpc) is 2.31. The predicted molar refractivity (Wildman–Crippen MR) is 48.7 cm³/mol. The van der Waals surface area contributed by atoms with E-state index in [1.54, 1.807) is 17.5 Å². The van der Waals surface area contributed by atoms with Crippen molar-refractivity contribution in [3.05, 3.63) is 28.1 Å². The van der Waals surface area contributed by atoms with Gasteiger partial charge in [0.1, 0.15) is 5.84 Å². The quantitative estimate of drug-likeness (QED) is 0.622. The molecule has 1 aliphatic heterocycles. The van der Waals surface area contributed by atoms with Crippen molar-refractivity contribution in [3.8, 4) is 0 Å². The summed E-state index contributed by atoms with van der Waals surface area (Å²) in [5.74, 6) is 0.693. The maximum Gasteiger partial charge on any atom is 0.103 e. The van der Waals surface area contributed by atoms with E-state index in [0.717, 1.165) is 6.42 Å². The molecule has 56 valence electrons. The number of nitrogens with zero attached hydrogens (tertiary/aromatic N) is 1. The topological polar surface area (TPSA) is 38.4 Å². The molecule has 2 N–H and O–H groups in total. The molecule has 0 atom stereocenters. The molecule has 1 aromatic rings. The smallest absolute Gasteiger partial charge is 0.103 e. The number of nitrogens with two attached hydrogens (primary N) is 1. The molecule has 0 aromatic carbocycles. The van der Waals surface area contributed by atoms with E-state index in [1.807, 2.05) is 6.08 Å². The van der Waals surface area contributed by atoms with Crippen LogP contribution in [0.25, 0.3) is 6.08 Å². The summed E-state index contributed by atoms with van der Waals surface area (Å²) < 4.78 is 0. The molecule has 0 radical (unpaired) electrons. The van der Waals surface area contributed by atoms with Crippen LogP contribution in [0.5, 0.6) is 0 Å². The van der Waals surface area contributed by atoms with Crippen molar-refractivity contribution in [2.75, 3.05) is 0 Å². The van der Waals surface area contributed by atoms with Gasteiger partial charge in [-0.1, -0.05) is 0 Å². The molecular formula is C8H8N2S. The second kappa shape index (κ2) is 2.51. The largest absolute Gasteiger partial charge is 0.387 e. The molecule has 2 heterocycles. The first-order valence-electron chi connectivity index (χ1n) is 3.41. The second-order valence-corrected chi connectivity index (χ2v) is 3.37. The van der Waals surface area contributed by atoms with Gasteiger partial charge in [0.05, 0.1) is 0 Å². The molecule has 0 unspecified atom stereocenters. The third kappa shape index (κ3) is 1.19. The van der Waals surface area contributed by atoms with Crippen molar-refractivity contribution in [3.63, 3.8) is 0 Å². The highest BCUT2D eigenvalue weighted by atomic mass is 32.1. The van der Waals surface area contributed by atoms with Crippen LogP contribution in [-0.2, 0) is 6.42 Å². The maximum absolute atomic E-state index is 5.61. The summed E-state index contributed by atoms with van der Waals surface area (Å²) in [7, 11) is 0. The van der Waals surface area contributed by atoms with Gasteiger partial charge in [-0.15, -0.1) is 11.3 Å². The number of rotatable bonds is 0. The lowest BCUT2D eigenvalue weighted by Crippen LogP contribution is -2.13. The van der Waals surface area contributed by atoms with Crippen molar-refractivity contribution in [1.29, 1.82) is 0 Å². The van der Waals surface area contributed by atoms with Crippen LogP contribution in [0.4, 0.5) is 0 Å². The molecule has 0 spiro atoms. The highest BCUT2D eigenvalue weighted by Crippen LogP contribution is 2.20. The zero-order chi connectivity index (χ0) is 7.68. The van der Waals surface area contributed by atoms with Crippen molar-refractivity contribution in [2.45, 2.75) is 6.42 Å². The number of hydrogen-bond acceptors (Lipinski definition) is 3. The van der Waals surface area contributed by atoms with Gasteiger partial charge >= 0.3 is 0 Å². The molecule has 1 aromatic heterocycles. The number of thiophene rings is 1. The van der Waals surface area contributed by atoms with Gasteiger partial charge in [0, 0.05) is 17.5 Å². The van der Waals surface area contributed by atoms with Gasteiger partial charge in [-0.25, -0.2) is 4.99 Å². The molecule has 1 aliphatic rings. The Kier molecular flexibility index (Phi) is 1.51. The fraction of sp³-hybridized carbons (Fsp3) is 0.125. The lowest BCUT2D eigenvalue weighted by Gasteiger charge is -1.94. The maximum atomic E-state index is 5.61. The van der Waals surface area contributed by atoms with Crippen LogP contribution in [0.3, 0.4) is 0 Å². The standard InChI is InChI=1S/C8H8N2S/c9-8-5-6-2-4-11-7(6)1-3-10-8/h1-4H,5H2,(H2,9,10). The van der Waals surface area contributed by atoms with Gasteiger partial charge in [-0.3, -0.25) is 0 Å². The van der Waals surface area contributed by atoms with Gasteiger partial charge in [-0.2, -0.15) is 0 Å². The van der Waals surface area contributed by atoms with Crippen LogP contribution in [0.15, 0.2) is 22.6 Å². The number of aliphatic imine (C=N–C) groups is 1. The zero-order valence-electron chi connectivity index (χ0n) is 5.95. The zero-order valence-corrected chi connectivity index (χ0v) is 6.77. The van der Waals surface area contributed by atoms with Gasteiger partial charge in [0.15, 0.2) is 0 Å². The summed E-state index contributed by atoms with van der Waals surface area (Å²) in [5, 5.41) is 2.08. The normalized spacial score (nSPS) is 15.5. The summed E-state index contributed by atoms with van der Waals surface area (Å²) in [6.45, 7) is 0. The van der Waals surface area contributed by atoms with E-state index < -0.39 is 0 Å². The van der Waals surface area contributed by atoms with Crippen molar-refractivity contribution < 1.29 is 0 Å². The van der Waals surface area contributed by atoms with Crippen LogP contribution < -0.4 is 5.73 Å². The average molecular weight is 164 g/mol. The third-order valence-electron chi connectivity index (χ3n) is 1.62. The van der Waals surface area contributed by atoms with E-state index in [1.165, 1.54) is 10.4 Å². The van der Waals surface area contributed by atoms with E-state index in [4.69, 9.17) is 5.73 Å². The molecule has 0 aliphatic carbocycles. The fourth-order valence-electron chi connectivity index (χ4n) is 1.08. The van der Waals surface area contributed by atoms with Crippen molar-refractivity contribution in [2.24, 2.45) is 10.7 Å². The lowest BCUT2D eigenvalue weighted by molar-refractivity contribution is 1.30. The molecule has 2 nitrogen and oxygen atoms in total. The van der Waals surface area contributed by atoms with Crippen molar-refractivity contribution in [1.82, 2.24) is 0 Å². The first-order valence-corrected chi connectivity index (χ1v) is 4.29. The Balaban J connectivity index is 2.47. The van der Waals surface area contributed by atoms with Crippen LogP contribution in [0, 0.1) is 0 Å². The molecule has 0 fully saturated rings. The molecule has 0 amide bonds. The first-order chi connectivity index (χ1) is 5.36. The molecule has 3 heteroatoms. The van der Waals surface area contributed by atoms with E-state index in [2.05, 4.69) is 16.4 Å². The number of amidine groups is 1. The van der Waals surface area contributed by atoms with Crippen molar-refractivity contribution >= 4 is 23.2 Å². The summed E-state index contributed by atoms with van der Waals surface area (Å²) in [6.07, 6.45) is 4.54. The van der Waals surface area contributed by atoms with Gasteiger partial charge in [0.2, 0.25) is 0 Å². The minimum atomic E-state index is 0.693. The third-order valence-corrected chi connectivity index (χ3v) is 2.54. The van der Waals surface area contributed by atoms with E-state index in [-0.39, 0.29) is 0 Å². The summed E-state index contributed by atoms with van der Waals surface area (Å²) >= 11 is 1.73. The molecule has 0 saturated carbocycles. The Hall–Kier alpha value is -1.09. The molecule has 0 bridgehead atoms. The highest BCUT2D eigenvalue weighted by Gasteiger charge is 2.05. The lowest BCUT2D eigenvalue weighted by atomic mass is 10.2. The number of fused-ring (bicyclic) bond motifs is 1. The Morgan fingerprint density at radius 2 is 2.45 bits per heavy atom. The summed E-state index contributed by atoms with van der Waals surface area (Å²) in [5.41, 5.74) is 6.89. The minimum Gasteiger partial charge on any atom is -0.387 e. The molecule has 0 saturated heterocycles. The molecule has 2 rings (SSSR count). The predicted octanol–water partition coefficient (Wildman–Crippen LogP) is 1.63. The Labute approximate surface area is 69.1 Å². The SMILES string of the molecule is NC1=NC=Cc2sccc2C1. The van der Waals surface area contributed by atoms with Crippen LogP contribution in [0.2, 0.25) is 0 Å².